The van der Waals surface area contributed by atoms with E-state index in [-0.39, 0.29) is 48.0 Å². The van der Waals surface area contributed by atoms with Crippen molar-refractivity contribution in [1.82, 2.24) is 34.5 Å². The van der Waals surface area contributed by atoms with Gasteiger partial charge in [-0.25, -0.2) is 13.3 Å². The van der Waals surface area contributed by atoms with Crippen molar-refractivity contribution in [2.24, 2.45) is 5.92 Å². The van der Waals surface area contributed by atoms with Crippen molar-refractivity contribution in [2.45, 2.75) is 69.6 Å². The minimum absolute atomic E-state index is 0.0186. The molecule has 0 saturated carbocycles. The summed E-state index contributed by atoms with van der Waals surface area (Å²) >= 11 is 0. The van der Waals surface area contributed by atoms with Gasteiger partial charge in [-0.05, 0) is 82.0 Å². The molecule has 9 rings (SSSR count). The number of halogens is 2. The summed E-state index contributed by atoms with van der Waals surface area (Å²) in [4.78, 5) is 56.9. The van der Waals surface area contributed by atoms with Crippen LogP contribution < -0.4 is 15.5 Å². The van der Waals surface area contributed by atoms with Crippen LogP contribution in [-0.4, -0.2) is 103 Å². The second-order valence-corrected chi connectivity index (χ2v) is 16.9. The second-order valence-electron chi connectivity index (χ2n) is 16.9. The lowest BCUT2D eigenvalue weighted by Crippen LogP contribution is -2.55. The van der Waals surface area contributed by atoms with Gasteiger partial charge in [0.15, 0.2) is 0 Å². The van der Waals surface area contributed by atoms with Crippen molar-refractivity contribution in [3.05, 3.63) is 88.9 Å². The molecular weight excluding hydrogens is 775 g/mol. The van der Waals surface area contributed by atoms with E-state index in [0.29, 0.717) is 59.7 Å². The topological polar surface area (TPSA) is 181 Å². The Morgan fingerprint density at radius 3 is 2.40 bits per heavy atom. The first-order valence-electron chi connectivity index (χ1n) is 20.3. The van der Waals surface area contributed by atoms with Crippen LogP contribution in [-0.2, 0) is 20.0 Å². The van der Waals surface area contributed by atoms with Crippen molar-refractivity contribution in [2.75, 3.05) is 49.5 Å². The number of likely N-dealkylation sites (tertiary alicyclic amines) is 2. The maximum Gasteiger partial charge on any atom is 0.274 e. The minimum atomic E-state index is -1.28. The van der Waals surface area contributed by atoms with Crippen LogP contribution in [0.5, 0.6) is 0 Å². The Hall–Kier alpha value is -6.25. The van der Waals surface area contributed by atoms with Crippen LogP contribution in [0.15, 0.2) is 54.9 Å². The Balaban J connectivity index is 0.798. The number of aliphatic hydroxyl groups is 1. The number of piperidine rings is 2. The maximum absolute atomic E-state index is 15.1. The summed E-state index contributed by atoms with van der Waals surface area (Å²) in [6.45, 7) is 6.95. The number of fused-ring (bicyclic) bond motifs is 2. The number of hydrogen-bond acceptors (Lipinski definition) is 10. The Morgan fingerprint density at radius 2 is 1.70 bits per heavy atom. The van der Waals surface area contributed by atoms with E-state index in [0.717, 1.165) is 37.7 Å². The predicted octanol–water partition coefficient (Wildman–Crippen LogP) is 4.21. The van der Waals surface area contributed by atoms with Gasteiger partial charge in [0.2, 0.25) is 17.7 Å². The van der Waals surface area contributed by atoms with Crippen LogP contribution in [0.1, 0.15) is 85.1 Å². The van der Waals surface area contributed by atoms with E-state index in [1.807, 2.05) is 27.9 Å². The smallest absolute Gasteiger partial charge is 0.274 e. The van der Waals surface area contributed by atoms with Gasteiger partial charge in [0.05, 0.1) is 46.3 Å². The number of hydrogen-bond donors (Lipinski definition) is 3. The third kappa shape index (κ3) is 7.23. The molecule has 0 aliphatic carbocycles. The molecule has 4 aliphatic heterocycles. The molecule has 2 aromatic carbocycles. The number of carbonyl (C=O) groups is 4. The lowest BCUT2D eigenvalue weighted by Gasteiger charge is -2.42. The van der Waals surface area contributed by atoms with Crippen LogP contribution in [0.2, 0.25) is 0 Å². The van der Waals surface area contributed by atoms with Gasteiger partial charge in [0.1, 0.15) is 23.4 Å². The summed E-state index contributed by atoms with van der Waals surface area (Å²) in [6.07, 6.45) is 6.02. The van der Waals surface area contributed by atoms with Gasteiger partial charge >= 0.3 is 0 Å². The van der Waals surface area contributed by atoms with Crippen LogP contribution in [0.4, 0.5) is 20.2 Å². The third-order valence-electron chi connectivity index (χ3n) is 12.5. The van der Waals surface area contributed by atoms with Crippen LogP contribution >= 0.6 is 0 Å². The highest BCUT2D eigenvalue weighted by molar-refractivity contribution is 6.05. The summed E-state index contributed by atoms with van der Waals surface area (Å²) in [6, 6.07) is 13.5. The van der Waals surface area contributed by atoms with E-state index in [2.05, 4.69) is 26.7 Å². The number of benzene rings is 2. The maximum atomic E-state index is 15.1. The molecule has 5 aromatic rings. The molecule has 2 atom stereocenters. The fourth-order valence-electron chi connectivity index (χ4n) is 9.22. The summed E-state index contributed by atoms with van der Waals surface area (Å²) in [5.74, 6) is -4.54. The lowest BCUT2D eigenvalue weighted by atomic mass is 9.89. The SMILES string of the molecule is CC(C)(O)c1cc2nn(C3CCN([C@H]4CCN(C(=O)C5CN(c6cc(F)c([C@H]7CCC(=O)NC7=O)c(F)c6)C5)C4)CC3)cc2cc1NC(=O)c1ccc2cc(C#N)cnn12. The van der Waals surface area contributed by atoms with Crippen LogP contribution in [0.25, 0.3) is 16.4 Å². The molecule has 310 valence electrons. The van der Waals surface area contributed by atoms with E-state index in [1.165, 1.54) is 22.8 Å². The standard InChI is InChI=1S/C43H44F2N10O5/c1-43(2,60)32-17-35-25(14-36(32)48-41(58)37-5-3-28-13-24(18-46)19-47-55(28)37)22-54(50-35)27-7-10-51(11-8-27)29-9-12-52(23-29)42(59)26-20-53(21-26)30-15-33(44)39(34(45)16-30)31-4-6-38(56)49-40(31)57/h3,5,13-17,19,22,26-27,29,31,60H,4,6-12,20-21,23H2,1-2H3,(H,48,58)(H,49,56,57)/t29-,31+/m0/s1. The average molecular weight is 819 g/mol. The molecule has 0 radical (unpaired) electrons. The quantitative estimate of drug-likeness (QED) is 0.192. The molecule has 15 nitrogen and oxygen atoms in total. The number of nitriles is 1. The molecule has 4 fully saturated rings. The first-order valence-corrected chi connectivity index (χ1v) is 20.3. The number of rotatable bonds is 8. The fraction of sp³-hybridized carbons (Fsp3) is 0.419. The number of anilines is 2. The summed E-state index contributed by atoms with van der Waals surface area (Å²) in [5, 5.41) is 35.4. The monoisotopic (exact) mass is 818 g/mol. The number of nitrogens with one attached hydrogen (secondary N) is 2. The lowest BCUT2D eigenvalue weighted by molar-refractivity contribution is -0.136. The van der Waals surface area contributed by atoms with Crippen LogP contribution in [0.3, 0.4) is 0 Å². The average Bonchev–Trinajstić information content (AvgIpc) is 3.96. The Bertz CT molecular complexity index is 2590. The number of amides is 4. The molecule has 3 N–H and O–H groups in total. The normalized spacial score (nSPS) is 20.7. The summed E-state index contributed by atoms with van der Waals surface area (Å²) < 4.78 is 33.7. The molecule has 4 saturated heterocycles. The van der Waals surface area contributed by atoms with Crippen molar-refractivity contribution >= 4 is 51.4 Å². The Morgan fingerprint density at radius 1 is 0.967 bits per heavy atom. The molecule has 7 heterocycles. The number of nitrogens with zero attached hydrogens (tertiary/aromatic N) is 8. The van der Waals surface area contributed by atoms with E-state index < -0.39 is 40.9 Å². The fourth-order valence-corrected chi connectivity index (χ4v) is 9.22. The third-order valence-corrected chi connectivity index (χ3v) is 12.5. The Kier molecular flexibility index (Phi) is 9.87. The highest BCUT2D eigenvalue weighted by atomic mass is 19.1. The van der Waals surface area contributed by atoms with Gasteiger partial charge in [0.25, 0.3) is 5.91 Å². The zero-order valence-corrected chi connectivity index (χ0v) is 33.2. The van der Waals surface area contributed by atoms with E-state index >= 15 is 8.78 Å². The zero-order valence-electron chi connectivity index (χ0n) is 33.2. The molecule has 0 bridgehead atoms. The van der Waals surface area contributed by atoms with E-state index in [9.17, 15) is 29.5 Å². The first-order chi connectivity index (χ1) is 28.7. The van der Waals surface area contributed by atoms with Gasteiger partial charge in [-0.1, -0.05) is 0 Å². The number of carbonyl (C=O) groups excluding carboxylic acids is 4. The predicted molar refractivity (Wildman–Crippen MR) is 215 cm³/mol. The largest absolute Gasteiger partial charge is 0.386 e. The first kappa shape index (κ1) is 39.2. The van der Waals surface area contributed by atoms with Crippen molar-refractivity contribution < 1.29 is 33.1 Å². The van der Waals surface area contributed by atoms with Crippen molar-refractivity contribution in [1.29, 1.82) is 5.26 Å². The van der Waals surface area contributed by atoms with E-state index in [1.54, 1.807) is 36.9 Å². The molecule has 17 heteroatoms. The van der Waals surface area contributed by atoms with Gasteiger partial charge in [0, 0.05) is 85.8 Å². The van der Waals surface area contributed by atoms with Gasteiger partial charge in [-0.15, -0.1) is 0 Å². The molecule has 4 amide bonds. The van der Waals surface area contributed by atoms with Gasteiger partial charge < -0.3 is 20.2 Å². The van der Waals surface area contributed by atoms with Crippen LogP contribution in [0, 0.1) is 28.9 Å². The minimum Gasteiger partial charge on any atom is -0.386 e. The molecule has 60 heavy (non-hydrogen) atoms. The van der Waals surface area contributed by atoms with Crippen molar-refractivity contribution in [3.63, 3.8) is 0 Å². The molecule has 4 aliphatic rings. The highest BCUT2D eigenvalue weighted by Gasteiger charge is 2.41. The Labute approximate surface area is 343 Å². The summed E-state index contributed by atoms with van der Waals surface area (Å²) in [7, 11) is 0. The molecule has 0 spiro atoms. The second kappa shape index (κ2) is 15.1. The van der Waals surface area contributed by atoms with E-state index in [4.69, 9.17) is 5.10 Å². The van der Waals surface area contributed by atoms with Crippen molar-refractivity contribution in [3.8, 4) is 6.07 Å². The summed E-state index contributed by atoms with van der Waals surface area (Å²) in [5.41, 5.74) is 1.65. The molecule has 3 aromatic heterocycles. The molecule has 0 unspecified atom stereocenters. The van der Waals surface area contributed by atoms with Gasteiger partial charge in [-0.2, -0.15) is 15.5 Å². The molecular formula is C43H44F2N10O5. The number of aromatic nitrogens is 4. The van der Waals surface area contributed by atoms with Gasteiger partial charge in [-0.3, -0.25) is 34.1 Å². The number of imide groups is 1. The highest BCUT2D eigenvalue weighted by Crippen LogP contribution is 2.37. The zero-order chi connectivity index (χ0) is 42.0.